The lowest BCUT2D eigenvalue weighted by Gasteiger charge is -2.17. The van der Waals surface area contributed by atoms with Crippen molar-refractivity contribution in [3.63, 3.8) is 0 Å². The number of carbonyl (C=O) groups excluding carboxylic acids is 3. The summed E-state index contributed by atoms with van der Waals surface area (Å²) in [4.78, 5) is 36.7. The number of hydrogen-bond donors (Lipinski definition) is 1. The standard InChI is InChI=1S/C18H20N4O6S/c1-10-16(11(2)21(4)20-10)19-17(24)12(3)28-15(23)9-22-18(25)13-7-5-6-8-14(13)29(22,26)27/h5-8,12H,9H2,1-4H3,(H,19,24). The Morgan fingerprint density at radius 1 is 1.24 bits per heavy atom. The Bertz CT molecular complexity index is 1120. The summed E-state index contributed by atoms with van der Waals surface area (Å²) in [6, 6.07) is 5.68. The maximum Gasteiger partial charge on any atom is 0.327 e. The molecule has 0 bridgehead atoms. The zero-order chi connectivity index (χ0) is 21.5. The first-order valence-corrected chi connectivity index (χ1v) is 10.1. The molecular weight excluding hydrogens is 400 g/mol. The van der Waals surface area contributed by atoms with E-state index in [1.807, 2.05) is 0 Å². The third-order valence-electron chi connectivity index (χ3n) is 4.62. The van der Waals surface area contributed by atoms with E-state index in [1.165, 1.54) is 31.2 Å². The van der Waals surface area contributed by atoms with Crippen LogP contribution in [0.25, 0.3) is 0 Å². The third-order valence-corrected chi connectivity index (χ3v) is 6.41. The summed E-state index contributed by atoms with van der Waals surface area (Å²) in [6.45, 7) is 4.02. The van der Waals surface area contributed by atoms with Gasteiger partial charge in [-0.2, -0.15) is 5.10 Å². The lowest BCUT2D eigenvalue weighted by atomic mass is 10.2. The average Bonchev–Trinajstić information content (AvgIpc) is 3.01. The summed E-state index contributed by atoms with van der Waals surface area (Å²) in [5, 5.41) is 6.82. The van der Waals surface area contributed by atoms with E-state index in [0.29, 0.717) is 15.7 Å². The molecule has 1 N–H and O–H groups in total. The van der Waals surface area contributed by atoms with E-state index in [1.54, 1.807) is 25.6 Å². The molecule has 10 nitrogen and oxygen atoms in total. The predicted molar refractivity (Wildman–Crippen MR) is 102 cm³/mol. The molecule has 0 saturated heterocycles. The van der Waals surface area contributed by atoms with Gasteiger partial charge in [-0.25, -0.2) is 12.7 Å². The zero-order valence-electron chi connectivity index (χ0n) is 16.3. The van der Waals surface area contributed by atoms with Gasteiger partial charge in [0.05, 0.1) is 22.6 Å². The molecule has 1 aliphatic rings. The lowest BCUT2D eigenvalue weighted by molar-refractivity contribution is -0.152. The van der Waals surface area contributed by atoms with Gasteiger partial charge in [-0.3, -0.25) is 19.1 Å². The SMILES string of the molecule is Cc1nn(C)c(C)c1NC(=O)C(C)OC(=O)CN1C(=O)c2ccccc2S1(=O)=O. The van der Waals surface area contributed by atoms with Crippen molar-refractivity contribution in [2.45, 2.75) is 31.8 Å². The van der Waals surface area contributed by atoms with Gasteiger partial charge >= 0.3 is 5.97 Å². The highest BCUT2D eigenvalue weighted by Crippen LogP contribution is 2.29. The Balaban J connectivity index is 1.66. The molecule has 2 heterocycles. The third kappa shape index (κ3) is 3.60. The van der Waals surface area contributed by atoms with Crippen LogP contribution in [-0.4, -0.2) is 52.9 Å². The van der Waals surface area contributed by atoms with Gasteiger partial charge < -0.3 is 10.1 Å². The summed E-state index contributed by atoms with van der Waals surface area (Å²) >= 11 is 0. The van der Waals surface area contributed by atoms with Gasteiger partial charge in [-0.15, -0.1) is 0 Å². The molecule has 1 aromatic heterocycles. The summed E-state index contributed by atoms with van der Waals surface area (Å²) < 4.78 is 32.0. The van der Waals surface area contributed by atoms with Crippen molar-refractivity contribution in [2.75, 3.05) is 11.9 Å². The number of nitrogens with zero attached hydrogens (tertiary/aromatic N) is 3. The van der Waals surface area contributed by atoms with Crippen LogP contribution in [0.3, 0.4) is 0 Å². The van der Waals surface area contributed by atoms with Gasteiger partial charge in [0.15, 0.2) is 6.10 Å². The number of carbonyl (C=O) groups is 3. The molecule has 0 radical (unpaired) electrons. The number of amides is 2. The highest BCUT2D eigenvalue weighted by atomic mass is 32.2. The maximum absolute atomic E-state index is 12.5. The number of hydrogen-bond acceptors (Lipinski definition) is 7. The number of ether oxygens (including phenoxy) is 1. The fourth-order valence-electron chi connectivity index (χ4n) is 2.97. The maximum atomic E-state index is 12.5. The molecule has 2 amide bonds. The van der Waals surface area contributed by atoms with Crippen LogP contribution >= 0.6 is 0 Å². The highest BCUT2D eigenvalue weighted by molar-refractivity contribution is 7.90. The molecule has 0 saturated carbocycles. The minimum absolute atomic E-state index is 0.00591. The minimum atomic E-state index is -4.13. The number of nitrogens with one attached hydrogen (secondary N) is 1. The number of fused-ring (bicyclic) bond motifs is 1. The molecular formula is C18H20N4O6S. The van der Waals surface area contributed by atoms with E-state index in [-0.39, 0.29) is 10.5 Å². The molecule has 1 aromatic carbocycles. The molecule has 1 atom stereocenters. The van der Waals surface area contributed by atoms with Crippen molar-refractivity contribution in [3.8, 4) is 0 Å². The fraction of sp³-hybridized carbons (Fsp3) is 0.333. The molecule has 0 fully saturated rings. The molecule has 0 aliphatic carbocycles. The average molecular weight is 420 g/mol. The van der Waals surface area contributed by atoms with Crippen LogP contribution in [0.1, 0.15) is 28.7 Å². The molecule has 29 heavy (non-hydrogen) atoms. The van der Waals surface area contributed by atoms with Gasteiger partial charge in [-0.05, 0) is 32.9 Å². The summed E-state index contributed by atoms with van der Waals surface area (Å²) in [6.07, 6.45) is -1.20. The van der Waals surface area contributed by atoms with Crippen LogP contribution in [0.5, 0.6) is 0 Å². The molecule has 1 aliphatic heterocycles. The summed E-state index contributed by atoms with van der Waals surface area (Å²) in [7, 11) is -2.40. The van der Waals surface area contributed by atoms with Gasteiger partial charge in [-0.1, -0.05) is 12.1 Å². The van der Waals surface area contributed by atoms with E-state index in [0.717, 1.165) is 5.69 Å². The topological polar surface area (TPSA) is 128 Å². The second-order valence-corrected chi connectivity index (χ2v) is 8.43. The van der Waals surface area contributed by atoms with E-state index < -0.39 is 40.5 Å². The first kappa shape index (κ1) is 20.5. The van der Waals surface area contributed by atoms with Crippen molar-refractivity contribution in [1.82, 2.24) is 14.1 Å². The molecule has 3 rings (SSSR count). The monoisotopic (exact) mass is 420 g/mol. The molecule has 11 heteroatoms. The first-order valence-electron chi connectivity index (χ1n) is 8.70. The Morgan fingerprint density at radius 2 is 1.90 bits per heavy atom. The Hall–Kier alpha value is -3.21. The number of anilines is 1. The number of esters is 1. The normalized spacial score (nSPS) is 15.7. The van der Waals surface area contributed by atoms with Gasteiger partial charge in [0.25, 0.3) is 21.8 Å². The van der Waals surface area contributed by atoms with Crippen molar-refractivity contribution < 1.29 is 27.5 Å². The zero-order valence-corrected chi connectivity index (χ0v) is 17.1. The van der Waals surface area contributed by atoms with Crippen LogP contribution in [0.4, 0.5) is 5.69 Å². The number of sulfonamides is 1. The van der Waals surface area contributed by atoms with Gasteiger partial charge in [0.2, 0.25) is 0 Å². The fourth-order valence-corrected chi connectivity index (χ4v) is 4.49. The van der Waals surface area contributed by atoms with Crippen molar-refractivity contribution >= 4 is 33.5 Å². The Kier molecular flexibility index (Phi) is 5.18. The Labute approximate surface area is 167 Å². The smallest absolute Gasteiger partial charge is 0.327 e. The number of aryl methyl sites for hydroxylation is 2. The second-order valence-electron chi connectivity index (χ2n) is 6.60. The van der Waals surface area contributed by atoms with E-state index in [2.05, 4.69) is 10.4 Å². The molecule has 2 aromatic rings. The number of benzene rings is 1. The minimum Gasteiger partial charge on any atom is -0.451 e. The van der Waals surface area contributed by atoms with Crippen LogP contribution in [0.15, 0.2) is 29.2 Å². The quantitative estimate of drug-likeness (QED) is 0.707. The molecule has 0 spiro atoms. The second kappa shape index (κ2) is 7.32. The lowest BCUT2D eigenvalue weighted by Crippen LogP contribution is -2.38. The van der Waals surface area contributed by atoms with Crippen LogP contribution in [-0.2, 0) is 31.4 Å². The van der Waals surface area contributed by atoms with Crippen molar-refractivity contribution in [3.05, 3.63) is 41.2 Å². The number of aromatic nitrogens is 2. The van der Waals surface area contributed by atoms with Crippen molar-refractivity contribution in [2.24, 2.45) is 7.05 Å². The molecule has 154 valence electrons. The summed E-state index contributed by atoms with van der Waals surface area (Å²) in [5.41, 5.74) is 1.83. The number of rotatable bonds is 5. The highest BCUT2D eigenvalue weighted by Gasteiger charge is 2.42. The van der Waals surface area contributed by atoms with E-state index >= 15 is 0 Å². The largest absolute Gasteiger partial charge is 0.451 e. The van der Waals surface area contributed by atoms with Gasteiger partial charge in [0, 0.05) is 7.05 Å². The van der Waals surface area contributed by atoms with E-state index in [4.69, 9.17) is 4.74 Å². The molecule has 1 unspecified atom stereocenters. The van der Waals surface area contributed by atoms with Crippen LogP contribution in [0.2, 0.25) is 0 Å². The van der Waals surface area contributed by atoms with E-state index in [9.17, 15) is 22.8 Å². The van der Waals surface area contributed by atoms with Crippen LogP contribution in [0, 0.1) is 13.8 Å². The van der Waals surface area contributed by atoms with Gasteiger partial charge in [0.1, 0.15) is 11.4 Å². The van der Waals surface area contributed by atoms with Crippen molar-refractivity contribution in [1.29, 1.82) is 0 Å². The first-order chi connectivity index (χ1) is 13.5. The summed E-state index contributed by atoms with van der Waals surface area (Å²) in [5.74, 6) is -2.43. The van der Waals surface area contributed by atoms with Crippen LogP contribution < -0.4 is 5.32 Å². The predicted octanol–water partition coefficient (Wildman–Crippen LogP) is 0.752. The Morgan fingerprint density at radius 3 is 2.48 bits per heavy atom.